The number of pyridine rings is 1. The maximum Gasteiger partial charge on any atom is 0.175 e. The summed E-state index contributed by atoms with van der Waals surface area (Å²) in [7, 11) is 0. The lowest BCUT2D eigenvalue weighted by atomic mass is 9.96. The normalized spacial score (nSPS) is 16.7. The van der Waals surface area contributed by atoms with E-state index in [-0.39, 0.29) is 11.9 Å². The van der Waals surface area contributed by atoms with E-state index in [2.05, 4.69) is 10.1 Å². The Morgan fingerprint density at radius 3 is 2.76 bits per heavy atom. The molecule has 0 aromatic carbocycles. The number of hydrogen-bond donors (Lipinski definition) is 2. The van der Waals surface area contributed by atoms with Gasteiger partial charge in [0.15, 0.2) is 5.84 Å². The second-order valence-electron chi connectivity index (χ2n) is 4.38. The molecule has 1 aromatic rings. The molecule has 1 aliphatic rings. The maximum absolute atomic E-state index is 8.79. The molecule has 17 heavy (non-hydrogen) atoms. The van der Waals surface area contributed by atoms with Crippen molar-refractivity contribution >= 4 is 5.84 Å². The topological polar surface area (TPSA) is 80.7 Å². The molecular weight excluding hydrogens is 218 g/mol. The molecule has 0 saturated heterocycles. The SMILES string of the molecule is Cc1cc(OC2CCC2)c(/C(N)=N/O)c(C)n1. The van der Waals surface area contributed by atoms with Crippen molar-refractivity contribution in [2.45, 2.75) is 39.2 Å². The van der Waals surface area contributed by atoms with Crippen LogP contribution in [0.15, 0.2) is 11.2 Å². The number of nitrogens with zero attached hydrogens (tertiary/aromatic N) is 2. The molecule has 1 aromatic heterocycles. The first-order chi connectivity index (χ1) is 8.11. The van der Waals surface area contributed by atoms with Gasteiger partial charge in [-0.3, -0.25) is 4.98 Å². The van der Waals surface area contributed by atoms with Gasteiger partial charge < -0.3 is 15.7 Å². The molecule has 0 unspecified atom stereocenters. The number of hydrogen-bond acceptors (Lipinski definition) is 4. The van der Waals surface area contributed by atoms with E-state index < -0.39 is 0 Å². The Balaban J connectivity index is 2.39. The quantitative estimate of drug-likeness (QED) is 0.362. The zero-order valence-corrected chi connectivity index (χ0v) is 10.1. The van der Waals surface area contributed by atoms with Crippen molar-refractivity contribution in [1.29, 1.82) is 0 Å². The number of nitrogens with two attached hydrogens (primary N) is 1. The van der Waals surface area contributed by atoms with Crippen molar-refractivity contribution < 1.29 is 9.94 Å². The van der Waals surface area contributed by atoms with Crippen molar-refractivity contribution in [2.24, 2.45) is 10.9 Å². The molecule has 92 valence electrons. The first kappa shape index (κ1) is 11.7. The molecule has 1 aliphatic carbocycles. The molecule has 5 nitrogen and oxygen atoms in total. The van der Waals surface area contributed by atoms with Gasteiger partial charge in [-0.05, 0) is 33.1 Å². The Morgan fingerprint density at radius 1 is 1.53 bits per heavy atom. The van der Waals surface area contributed by atoms with Crippen LogP contribution in [0.1, 0.15) is 36.2 Å². The van der Waals surface area contributed by atoms with Crippen LogP contribution in [0.4, 0.5) is 0 Å². The van der Waals surface area contributed by atoms with E-state index in [0.29, 0.717) is 11.3 Å². The van der Waals surface area contributed by atoms with Crippen LogP contribution in [-0.4, -0.2) is 22.1 Å². The first-order valence-corrected chi connectivity index (χ1v) is 5.74. The zero-order chi connectivity index (χ0) is 12.4. The molecule has 1 heterocycles. The lowest BCUT2D eigenvalue weighted by Gasteiger charge is -2.27. The zero-order valence-electron chi connectivity index (χ0n) is 10.1. The fourth-order valence-corrected chi connectivity index (χ4v) is 1.92. The minimum Gasteiger partial charge on any atom is -0.490 e. The van der Waals surface area contributed by atoms with Gasteiger partial charge in [-0.15, -0.1) is 0 Å². The largest absolute Gasteiger partial charge is 0.490 e. The summed E-state index contributed by atoms with van der Waals surface area (Å²) in [6, 6.07) is 1.83. The summed E-state index contributed by atoms with van der Waals surface area (Å²) in [6.45, 7) is 3.73. The summed E-state index contributed by atoms with van der Waals surface area (Å²) in [5, 5.41) is 11.8. The van der Waals surface area contributed by atoms with Crippen LogP contribution in [0.3, 0.4) is 0 Å². The average molecular weight is 235 g/mol. The lowest BCUT2D eigenvalue weighted by Crippen LogP contribution is -2.27. The van der Waals surface area contributed by atoms with Gasteiger partial charge in [0.25, 0.3) is 0 Å². The van der Waals surface area contributed by atoms with Crippen molar-refractivity contribution in [3.63, 3.8) is 0 Å². The highest BCUT2D eigenvalue weighted by atomic mass is 16.5. The van der Waals surface area contributed by atoms with Crippen molar-refractivity contribution in [3.8, 4) is 5.75 Å². The second kappa shape index (κ2) is 4.61. The standard InChI is InChI=1S/C12H17N3O2/c1-7-6-10(17-9-4-3-5-9)11(8(2)14-7)12(13)15-16/h6,9,16H,3-5H2,1-2H3,(H2,13,15). The Labute approximate surface area is 100 Å². The Bertz CT molecular complexity index is 453. The van der Waals surface area contributed by atoms with Crippen LogP contribution in [0.5, 0.6) is 5.75 Å². The molecule has 5 heteroatoms. The van der Waals surface area contributed by atoms with E-state index in [9.17, 15) is 0 Å². The van der Waals surface area contributed by atoms with E-state index >= 15 is 0 Å². The predicted molar refractivity (Wildman–Crippen MR) is 64.5 cm³/mol. The van der Waals surface area contributed by atoms with E-state index in [4.69, 9.17) is 15.7 Å². The van der Waals surface area contributed by atoms with Crippen LogP contribution in [0, 0.1) is 13.8 Å². The summed E-state index contributed by atoms with van der Waals surface area (Å²) in [4.78, 5) is 4.30. The lowest BCUT2D eigenvalue weighted by molar-refractivity contribution is 0.119. The number of rotatable bonds is 3. The summed E-state index contributed by atoms with van der Waals surface area (Å²) >= 11 is 0. The average Bonchev–Trinajstić information content (AvgIpc) is 2.22. The highest BCUT2D eigenvalue weighted by molar-refractivity contribution is 6.00. The molecule has 3 N–H and O–H groups in total. The van der Waals surface area contributed by atoms with Gasteiger partial charge in [0.2, 0.25) is 0 Å². The predicted octanol–water partition coefficient (Wildman–Crippen LogP) is 1.72. The summed E-state index contributed by atoms with van der Waals surface area (Å²) < 4.78 is 5.85. The van der Waals surface area contributed by atoms with E-state index in [1.54, 1.807) is 0 Å². The van der Waals surface area contributed by atoms with Crippen LogP contribution in [0.2, 0.25) is 0 Å². The minimum atomic E-state index is 0.0457. The number of oxime groups is 1. The Hall–Kier alpha value is -1.78. The minimum absolute atomic E-state index is 0.0457. The van der Waals surface area contributed by atoms with Crippen molar-refractivity contribution in [1.82, 2.24) is 4.98 Å². The van der Waals surface area contributed by atoms with Gasteiger partial charge in [0.05, 0.1) is 17.4 Å². The fourth-order valence-electron chi connectivity index (χ4n) is 1.92. The number of aryl methyl sites for hydroxylation is 2. The van der Waals surface area contributed by atoms with Gasteiger partial charge in [0.1, 0.15) is 5.75 Å². The second-order valence-corrected chi connectivity index (χ2v) is 4.38. The van der Waals surface area contributed by atoms with Crippen LogP contribution < -0.4 is 10.5 Å². The van der Waals surface area contributed by atoms with Crippen LogP contribution >= 0.6 is 0 Å². The molecule has 0 amide bonds. The molecule has 0 spiro atoms. The Morgan fingerprint density at radius 2 is 2.24 bits per heavy atom. The first-order valence-electron chi connectivity index (χ1n) is 5.74. The molecule has 0 bridgehead atoms. The van der Waals surface area contributed by atoms with Crippen molar-refractivity contribution in [3.05, 3.63) is 23.0 Å². The van der Waals surface area contributed by atoms with Crippen molar-refractivity contribution in [2.75, 3.05) is 0 Å². The van der Waals surface area contributed by atoms with Gasteiger partial charge in [-0.2, -0.15) is 0 Å². The van der Waals surface area contributed by atoms with E-state index in [0.717, 1.165) is 24.2 Å². The Kier molecular flexibility index (Phi) is 3.17. The van der Waals surface area contributed by atoms with Gasteiger partial charge in [-0.1, -0.05) is 5.16 Å². The fraction of sp³-hybridized carbons (Fsp3) is 0.500. The number of ether oxygens (including phenoxy) is 1. The highest BCUT2D eigenvalue weighted by Crippen LogP contribution is 2.29. The summed E-state index contributed by atoms with van der Waals surface area (Å²) in [5.74, 6) is 0.708. The third kappa shape index (κ3) is 2.33. The highest BCUT2D eigenvalue weighted by Gasteiger charge is 2.22. The molecule has 0 radical (unpaired) electrons. The molecule has 2 rings (SSSR count). The smallest absolute Gasteiger partial charge is 0.175 e. The van der Waals surface area contributed by atoms with E-state index in [1.807, 2.05) is 19.9 Å². The number of aromatic nitrogens is 1. The van der Waals surface area contributed by atoms with Gasteiger partial charge >= 0.3 is 0 Å². The number of amidine groups is 1. The molecule has 0 aliphatic heterocycles. The molecular formula is C12H17N3O2. The molecule has 0 atom stereocenters. The monoisotopic (exact) mass is 235 g/mol. The third-order valence-electron chi connectivity index (χ3n) is 3.00. The van der Waals surface area contributed by atoms with E-state index in [1.165, 1.54) is 6.42 Å². The summed E-state index contributed by atoms with van der Waals surface area (Å²) in [5.41, 5.74) is 7.83. The molecule has 1 fully saturated rings. The van der Waals surface area contributed by atoms with Gasteiger partial charge in [-0.25, -0.2) is 0 Å². The maximum atomic E-state index is 8.79. The summed E-state index contributed by atoms with van der Waals surface area (Å²) in [6.07, 6.45) is 3.58. The third-order valence-corrected chi connectivity index (χ3v) is 3.00. The van der Waals surface area contributed by atoms with Crippen LogP contribution in [-0.2, 0) is 0 Å². The molecule has 1 saturated carbocycles. The van der Waals surface area contributed by atoms with Crippen LogP contribution in [0.25, 0.3) is 0 Å². The van der Waals surface area contributed by atoms with Gasteiger partial charge in [0, 0.05) is 11.8 Å².